The number of benzene rings is 1. The van der Waals surface area contributed by atoms with E-state index in [1.165, 1.54) is 0 Å². The van der Waals surface area contributed by atoms with Crippen molar-refractivity contribution in [1.82, 2.24) is 9.62 Å². The fraction of sp³-hybridized carbons (Fsp3) is 0.571. The molecule has 1 aliphatic rings. The molecule has 6 heteroatoms. The van der Waals surface area contributed by atoms with Crippen LogP contribution in [0.2, 0.25) is 0 Å². The van der Waals surface area contributed by atoms with Gasteiger partial charge in [-0.3, -0.25) is 0 Å². The fourth-order valence-corrected chi connectivity index (χ4v) is 4.08. The van der Waals surface area contributed by atoms with Crippen molar-refractivity contribution in [2.24, 2.45) is 0 Å². The Balaban J connectivity index is 2.18. The number of nitrogen functional groups attached to an aromatic ring is 1. The summed E-state index contributed by atoms with van der Waals surface area (Å²) in [7, 11) is -1.47. The number of aryl methyl sites for hydroxylation is 1. The van der Waals surface area contributed by atoms with Gasteiger partial charge in [0.15, 0.2) is 0 Å². The first-order valence-corrected chi connectivity index (χ1v) is 8.36. The summed E-state index contributed by atoms with van der Waals surface area (Å²) >= 11 is 0. The van der Waals surface area contributed by atoms with Crippen LogP contribution in [0.1, 0.15) is 24.0 Å². The Hall–Kier alpha value is -1.11. The predicted octanol–water partition coefficient (Wildman–Crippen LogP) is 1.26. The predicted molar refractivity (Wildman–Crippen MR) is 81.2 cm³/mol. The average molecular weight is 297 g/mol. The van der Waals surface area contributed by atoms with Crippen molar-refractivity contribution in [3.8, 4) is 0 Å². The molecule has 0 aliphatic carbocycles. The smallest absolute Gasteiger partial charge is 0.240 e. The quantitative estimate of drug-likeness (QED) is 0.820. The molecule has 112 valence electrons. The molecule has 0 amide bonds. The lowest BCUT2D eigenvalue weighted by Gasteiger charge is -2.20. The number of likely N-dealkylation sites (N-methyl/N-ethyl adjacent to an activating group) is 1. The Morgan fingerprint density at radius 2 is 2.10 bits per heavy atom. The molecule has 0 saturated carbocycles. The first-order valence-electron chi connectivity index (χ1n) is 6.88. The van der Waals surface area contributed by atoms with E-state index in [1.54, 1.807) is 19.1 Å². The van der Waals surface area contributed by atoms with Crippen molar-refractivity contribution in [3.05, 3.63) is 23.3 Å². The summed E-state index contributed by atoms with van der Waals surface area (Å²) in [6.07, 6.45) is 2.16. The van der Waals surface area contributed by atoms with Gasteiger partial charge in [-0.25, -0.2) is 13.1 Å². The second-order valence-corrected chi connectivity index (χ2v) is 7.34. The van der Waals surface area contributed by atoms with Gasteiger partial charge in [0.05, 0.1) is 4.90 Å². The summed E-state index contributed by atoms with van der Waals surface area (Å²) in [6, 6.07) is 3.75. The maximum absolute atomic E-state index is 12.4. The zero-order chi connectivity index (χ0) is 14.9. The Kier molecular flexibility index (Phi) is 4.36. The largest absolute Gasteiger partial charge is 0.398 e. The van der Waals surface area contributed by atoms with Crippen LogP contribution in [-0.4, -0.2) is 39.5 Å². The summed E-state index contributed by atoms with van der Waals surface area (Å²) < 4.78 is 27.6. The molecule has 1 saturated heterocycles. The third-order valence-electron chi connectivity index (χ3n) is 4.01. The molecule has 5 nitrogen and oxygen atoms in total. The fourth-order valence-electron chi connectivity index (χ4n) is 2.65. The monoisotopic (exact) mass is 297 g/mol. The van der Waals surface area contributed by atoms with Gasteiger partial charge in [-0.05, 0) is 63.5 Å². The molecule has 3 N–H and O–H groups in total. The van der Waals surface area contributed by atoms with Crippen LogP contribution >= 0.6 is 0 Å². The summed E-state index contributed by atoms with van der Waals surface area (Å²) in [5.74, 6) is 0. The van der Waals surface area contributed by atoms with Gasteiger partial charge in [-0.15, -0.1) is 0 Å². The van der Waals surface area contributed by atoms with Gasteiger partial charge in [0.1, 0.15) is 0 Å². The highest BCUT2D eigenvalue weighted by molar-refractivity contribution is 7.89. The van der Waals surface area contributed by atoms with Gasteiger partial charge in [-0.1, -0.05) is 0 Å². The summed E-state index contributed by atoms with van der Waals surface area (Å²) in [5, 5.41) is 0. The Bertz CT molecular complexity index is 599. The lowest BCUT2D eigenvalue weighted by Crippen LogP contribution is -2.38. The number of hydrogen-bond acceptors (Lipinski definition) is 4. The molecule has 1 unspecified atom stereocenters. The molecule has 20 heavy (non-hydrogen) atoms. The van der Waals surface area contributed by atoms with E-state index < -0.39 is 10.0 Å². The van der Waals surface area contributed by atoms with E-state index in [4.69, 9.17) is 5.73 Å². The van der Waals surface area contributed by atoms with E-state index in [-0.39, 0.29) is 10.9 Å². The van der Waals surface area contributed by atoms with Crippen LogP contribution in [-0.2, 0) is 10.0 Å². The minimum Gasteiger partial charge on any atom is -0.398 e. The molecule has 2 rings (SSSR count). The molecule has 0 spiro atoms. The lowest BCUT2D eigenvalue weighted by molar-refractivity contribution is 0.311. The summed E-state index contributed by atoms with van der Waals surface area (Å²) in [4.78, 5) is 2.48. The number of nitrogens with zero attached hydrogens (tertiary/aromatic N) is 1. The topological polar surface area (TPSA) is 75.4 Å². The molecule has 1 fully saturated rings. The Morgan fingerprint density at radius 3 is 2.70 bits per heavy atom. The van der Waals surface area contributed by atoms with Crippen LogP contribution in [0.5, 0.6) is 0 Å². The van der Waals surface area contributed by atoms with Crippen molar-refractivity contribution in [1.29, 1.82) is 0 Å². The molecular weight excluding hydrogens is 274 g/mol. The van der Waals surface area contributed by atoms with Gasteiger partial charge in [0.2, 0.25) is 10.0 Å². The Labute approximate surface area is 121 Å². The molecule has 1 aliphatic heterocycles. The summed E-state index contributed by atoms with van der Waals surface area (Å²) in [5.41, 5.74) is 7.84. The highest BCUT2D eigenvalue weighted by Crippen LogP contribution is 2.23. The molecule has 1 heterocycles. The number of likely N-dealkylation sites (tertiary alicyclic amines) is 1. The van der Waals surface area contributed by atoms with Crippen LogP contribution in [0.3, 0.4) is 0 Å². The zero-order valence-corrected chi connectivity index (χ0v) is 13.1. The molecule has 0 aromatic heterocycles. The molecule has 0 bridgehead atoms. The van der Waals surface area contributed by atoms with Crippen molar-refractivity contribution < 1.29 is 8.42 Å². The maximum atomic E-state index is 12.4. The van der Waals surface area contributed by atoms with Crippen molar-refractivity contribution in [2.45, 2.75) is 37.6 Å². The molecular formula is C14H23N3O2S. The van der Waals surface area contributed by atoms with Gasteiger partial charge in [-0.2, -0.15) is 0 Å². The molecule has 1 atom stereocenters. The van der Waals surface area contributed by atoms with Gasteiger partial charge in [0, 0.05) is 18.3 Å². The molecule has 1 aromatic rings. The lowest BCUT2D eigenvalue weighted by atomic mass is 10.1. The maximum Gasteiger partial charge on any atom is 0.240 e. The number of sulfonamides is 1. The van der Waals surface area contributed by atoms with Crippen LogP contribution in [0, 0.1) is 13.8 Å². The van der Waals surface area contributed by atoms with E-state index in [9.17, 15) is 8.42 Å². The van der Waals surface area contributed by atoms with Crippen LogP contribution in [0.25, 0.3) is 0 Å². The Morgan fingerprint density at radius 1 is 1.40 bits per heavy atom. The van der Waals surface area contributed by atoms with Crippen molar-refractivity contribution >= 4 is 15.7 Å². The van der Waals surface area contributed by atoms with E-state index in [0.717, 1.165) is 24.9 Å². The van der Waals surface area contributed by atoms with Gasteiger partial charge in [0.25, 0.3) is 0 Å². The van der Waals surface area contributed by atoms with Gasteiger partial charge < -0.3 is 10.6 Å². The summed E-state index contributed by atoms with van der Waals surface area (Å²) in [6.45, 7) is 5.07. The van der Waals surface area contributed by atoms with Crippen molar-refractivity contribution in [2.75, 3.05) is 25.9 Å². The number of nitrogens with two attached hydrogens (primary N) is 1. The normalized spacial score (nSPS) is 20.4. The SMILES string of the molecule is Cc1cc(N)c(C)c(S(=O)(=O)NCC2CCCN2C)c1. The number of nitrogens with one attached hydrogen (secondary N) is 1. The highest BCUT2D eigenvalue weighted by Gasteiger charge is 2.24. The average Bonchev–Trinajstić information content (AvgIpc) is 2.77. The molecule has 1 aromatic carbocycles. The second-order valence-electron chi connectivity index (χ2n) is 5.61. The number of anilines is 1. The van der Waals surface area contributed by atoms with Crippen LogP contribution in [0.4, 0.5) is 5.69 Å². The number of hydrogen-bond donors (Lipinski definition) is 2. The van der Waals surface area contributed by atoms with E-state index >= 15 is 0 Å². The second kappa shape index (κ2) is 5.71. The third-order valence-corrected chi connectivity index (χ3v) is 5.56. The van der Waals surface area contributed by atoms with E-state index in [0.29, 0.717) is 17.8 Å². The van der Waals surface area contributed by atoms with E-state index in [2.05, 4.69) is 9.62 Å². The minimum absolute atomic E-state index is 0.284. The van der Waals surface area contributed by atoms with Crippen molar-refractivity contribution in [3.63, 3.8) is 0 Å². The standard InChI is InChI=1S/C14H23N3O2S/c1-10-7-13(15)11(2)14(8-10)20(18,19)16-9-12-5-4-6-17(12)3/h7-8,12,16H,4-6,9,15H2,1-3H3. The number of rotatable bonds is 4. The third kappa shape index (κ3) is 3.13. The van der Waals surface area contributed by atoms with Crippen LogP contribution < -0.4 is 10.5 Å². The first-order chi connectivity index (χ1) is 9.31. The minimum atomic E-state index is -3.50. The highest BCUT2D eigenvalue weighted by atomic mass is 32.2. The van der Waals surface area contributed by atoms with E-state index in [1.807, 2.05) is 14.0 Å². The molecule has 0 radical (unpaired) electrons. The van der Waals surface area contributed by atoms with Gasteiger partial charge >= 0.3 is 0 Å². The van der Waals surface area contributed by atoms with Crippen LogP contribution in [0.15, 0.2) is 17.0 Å². The zero-order valence-electron chi connectivity index (χ0n) is 12.3. The first kappa shape index (κ1) is 15.3.